The molecule has 4 aromatic rings. The van der Waals surface area contributed by atoms with Crippen LogP contribution in [-0.4, -0.2) is 24.3 Å². The molecule has 0 fully saturated rings. The largest absolute Gasteiger partial charge is 0.461 e. The molecule has 0 aliphatic carbocycles. The van der Waals surface area contributed by atoms with E-state index < -0.39 is 0 Å². The number of nitrogens with two attached hydrogens (primary N) is 1. The molecule has 2 N–H and O–H groups in total. The molecule has 4 aromatic heterocycles. The van der Waals surface area contributed by atoms with E-state index in [0.29, 0.717) is 38.9 Å². The highest BCUT2D eigenvalue weighted by atomic mass is 35.5. The number of pyridine rings is 1. The number of rotatable bonds is 4. The highest BCUT2D eigenvalue weighted by molar-refractivity contribution is 7.98. The number of hydrogen-bond acceptors (Lipinski definition) is 7. The number of fused-ring (bicyclic) bond motifs is 1. The average Bonchev–Trinajstić information content (AvgIpc) is 3.23. The summed E-state index contributed by atoms with van der Waals surface area (Å²) in [5, 5.41) is 9.03. The summed E-state index contributed by atoms with van der Waals surface area (Å²) in [6, 6.07) is 8.33. The first-order valence-corrected chi connectivity index (χ1v) is 8.53. The van der Waals surface area contributed by atoms with Gasteiger partial charge in [-0.3, -0.25) is 9.20 Å². The van der Waals surface area contributed by atoms with E-state index in [0.717, 1.165) is 0 Å². The number of nitrogens with zero attached hydrogens (tertiary/aromatic N) is 5. The van der Waals surface area contributed by atoms with Crippen LogP contribution in [0, 0.1) is 0 Å². The van der Waals surface area contributed by atoms with Crippen molar-refractivity contribution in [3.63, 3.8) is 0 Å². The van der Waals surface area contributed by atoms with Gasteiger partial charge < -0.3 is 10.3 Å². The summed E-state index contributed by atoms with van der Waals surface area (Å²) in [7, 11) is 0. The van der Waals surface area contributed by atoms with E-state index in [-0.39, 0.29) is 5.56 Å². The molecule has 0 radical (unpaired) electrons. The van der Waals surface area contributed by atoms with E-state index >= 15 is 0 Å². The lowest BCUT2D eigenvalue weighted by Gasteiger charge is -2.04. The van der Waals surface area contributed by atoms with Crippen LogP contribution in [0.2, 0.25) is 5.02 Å². The first-order valence-electron chi connectivity index (χ1n) is 7.17. The monoisotopic (exact) mass is 374 g/mol. The Morgan fingerprint density at radius 2 is 2.16 bits per heavy atom. The molecule has 0 aromatic carbocycles. The zero-order valence-corrected chi connectivity index (χ0v) is 14.2. The van der Waals surface area contributed by atoms with Crippen molar-refractivity contribution in [2.75, 3.05) is 5.84 Å². The number of halogens is 1. The third-order valence-electron chi connectivity index (χ3n) is 3.43. The van der Waals surface area contributed by atoms with Crippen molar-refractivity contribution in [3.05, 3.63) is 63.9 Å². The zero-order chi connectivity index (χ0) is 17.4. The molecule has 0 atom stereocenters. The number of nitrogen functional groups attached to an aromatic ring is 1. The molecule has 25 heavy (non-hydrogen) atoms. The molecule has 0 saturated heterocycles. The molecule has 0 unspecified atom stereocenters. The van der Waals surface area contributed by atoms with Crippen molar-refractivity contribution < 1.29 is 4.42 Å². The first-order chi connectivity index (χ1) is 12.1. The minimum absolute atomic E-state index is 0.200. The summed E-state index contributed by atoms with van der Waals surface area (Å²) in [5.74, 6) is 7.38. The average molecular weight is 375 g/mol. The van der Waals surface area contributed by atoms with E-state index in [1.807, 2.05) is 0 Å². The normalized spacial score (nSPS) is 11.2. The maximum atomic E-state index is 12.2. The minimum atomic E-state index is -0.200. The van der Waals surface area contributed by atoms with Crippen LogP contribution in [0.3, 0.4) is 0 Å². The van der Waals surface area contributed by atoms with Crippen LogP contribution >= 0.6 is 23.4 Å². The Morgan fingerprint density at radius 1 is 1.28 bits per heavy atom. The summed E-state index contributed by atoms with van der Waals surface area (Å²) in [5.41, 5.74) is 0.937. The van der Waals surface area contributed by atoms with Crippen LogP contribution in [-0.2, 0) is 5.75 Å². The molecular formula is C15H11ClN6O2S. The third kappa shape index (κ3) is 2.99. The molecule has 4 heterocycles. The van der Waals surface area contributed by atoms with Crippen LogP contribution < -0.4 is 11.4 Å². The molecule has 0 spiro atoms. The Morgan fingerprint density at radius 3 is 2.96 bits per heavy atom. The van der Waals surface area contributed by atoms with Gasteiger partial charge in [-0.1, -0.05) is 23.4 Å². The molecular weight excluding hydrogens is 364 g/mol. The second-order valence-corrected chi connectivity index (χ2v) is 6.48. The van der Waals surface area contributed by atoms with Gasteiger partial charge in [-0.05, 0) is 24.3 Å². The Balaban J connectivity index is 1.59. The Kier molecular flexibility index (Phi) is 3.94. The molecule has 126 valence electrons. The third-order valence-corrected chi connectivity index (χ3v) is 4.63. The summed E-state index contributed by atoms with van der Waals surface area (Å²) in [6.45, 7) is 0. The smallest absolute Gasteiger partial charge is 0.258 e. The summed E-state index contributed by atoms with van der Waals surface area (Å²) in [4.78, 5) is 16.6. The quantitative estimate of drug-likeness (QED) is 0.431. The van der Waals surface area contributed by atoms with E-state index in [4.69, 9.17) is 21.9 Å². The van der Waals surface area contributed by atoms with Crippen LogP contribution in [0.25, 0.3) is 17.2 Å². The van der Waals surface area contributed by atoms with Gasteiger partial charge >= 0.3 is 0 Å². The van der Waals surface area contributed by atoms with Gasteiger partial charge in [0.25, 0.3) is 5.56 Å². The van der Waals surface area contributed by atoms with Gasteiger partial charge in [-0.25, -0.2) is 9.66 Å². The van der Waals surface area contributed by atoms with Gasteiger partial charge in [0.2, 0.25) is 11.0 Å². The lowest BCUT2D eigenvalue weighted by atomic mass is 10.4. The molecule has 4 rings (SSSR count). The number of hydrogen-bond donors (Lipinski definition) is 1. The van der Waals surface area contributed by atoms with Crippen molar-refractivity contribution in [2.45, 2.75) is 10.9 Å². The first kappa shape index (κ1) is 15.7. The molecule has 0 aliphatic rings. The fourth-order valence-electron chi connectivity index (χ4n) is 2.29. The van der Waals surface area contributed by atoms with Crippen LogP contribution in [0.4, 0.5) is 0 Å². The lowest BCUT2D eigenvalue weighted by molar-refractivity contribution is 0.574. The predicted octanol–water partition coefficient (Wildman–Crippen LogP) is 2.21. The maximum Gasteiger partial charge on any atom is 0.258 e. The van der Waals surface area contributed by atoms with Crippen LogP contribution in [0.1, 0.15) is 5.69 Å². The summed E-state index contributed by atoms with van der Waals surface area (Å²) < 4.78 is 8.01. The standard InChI is InChI=1S/C15H11ClN6O2S/c16-9-3-4-12-18-10(6-13(23)21(12)7-9)8-25-15-20-19-14(22(15)17)11-2-1-5-24-11/h1-7H,8,17H2. The molecule has 10 heteroatoms. The molecule has 0 aliphatic heterocycles. The molecule has 0 saturated carbocycles. The van der Waals surface area contributed by atoms with Crippen molar-refractivity contribution in [2.24, 2.45) is 0 Å². The Labute approximate surface area is 150 Å². The van der Waals surface area contributed by atoms with E-state index in [1.165, 1.54) is 39.4 Å². The number of aromatic nitrogens is 5. The second kappa shape index (κ2) is 6.26. The van der Waals surface area contributed by atoms with Gasteiger partial charge in [0.1, 0.15) is 5.65 Å². The van der Waals surface area contributed by atoms with Crippen LogP contribution in [0.15, 0.2) is 57.2 Å². The molecule has 8 nitrogen and oxygen atoms in total. The van der Waals surface area contributed by atoms with Crippen molar-refractivity contribution in [1.29, 1.82) is 0 Å². The van der Waals surface area contributed by atoms with E-state index in [2.05, 4.69) is 15.2 Å². The van der Waals surface area contributed by atoms with E-state index in [9.17, 15) is 4.79 Å². The minimum Gasteiger partial charge on any atom is -0.461 e. The SMILES string of the molecule is Nn1c(SCc2cc(=O)n3cc(Cl)ccc3n2)nnc1-c1ccco1. The molecule has 0 amide bonds. The zero-order valence-electron chi connectivity index (χ0n) is 12.7. The highest BCUT2D eigenvalue weighted by Gasteiger charge is 2.14. The number of furan rings is 1. The van der Waals surface area contributed by atoms with Crippen LogP contribution in [0.5, 0.6) is 0 Å². The Hall–Kier alpha value is -2.78. The van der Waals surface area contributed by atoms with Crippen molar-refractivity contribution >= 4 is 29.0 Å². The summed E-state index contributed by atoms with van der Waals surface area (Å²) >= 11 is 7.23. The Bertz CT molecular complexity index is 1110. The second-order valence-electron chi connectivity index (χ2n) is 5.10. The van der Waals surface area contributed by atoms with Gasteiger partial charge in [0, 0.05) is 18.0 Å². The highest BCUT2D eigenvalue weighted by Crippen LogP contribution is 2.24. The van der Waals surface area contributed by atoms with Gasteiger partial charge in [0.15, 0.2) is 5.76 Å². The van der Waals surface area contributed by atoms with Gasteiger partial charge in [0.05, 0.1) is 17.0 Å². The predicted molar refractivity (Wildman–Crippen MR) is 93.9 cm³/mol. The lowest BCUT2D eigenvalue weighted by Crippen LogP contribution is -2.15. The number of thioether (sulfide) groups is 1. The van der Waals surface area contributed by atoms with Gasteiger partial charge in [-0.2, -0.15) is 0 Å². The maximum absolute atomic E-state index is 12.2. The fraction of sp³-hybridized carbons (Fsp3) is 0.0667. The fourth-order valence-corrected chi connectivity index (χ4v) is 3.20. The van der Waals surface area contributed by atoms with Crippen molar-refractivity contribution in [3.8, 4) is 11.6 Å². The summed E-state index contributed by atoms with van der Waals surface area (Å²) in [6.07, 6.45) is 3.07. The van der Waals surface area contributed by atoms with Gasteiger partial charge in [-0.15, -0.1) is 10.2 Å². The molecule has 0 bridgehead atoms. The topological polar surface area (TPSA) is 104 Å². The van der Waals surface area contributed by atoms with E-state index in [1.54, 1.807) is 24.3 Å². The van der Waals surface area contributed by atoms with Crippen molar-refractivity contribution in [1.82, 2.24) is 24.3 Å².